The summed E-state index contributed by atoms with van der Waals surface area (Å²) in [6.45, 7) is 1.24. The van der Waals surface area contributed by atoms with Gasteiger partial charge in [-0.15, -0.1) is 0 Å². The second-order valence-corrected chi connectivity index (χ2v) is 7.76. The molecule has 0 amide bonds. The van der Waals surface area contributed by atoms with Gasteiger partial charge >= 0.3 is 0 Å². The van der Waals surface area contributed by atoms with Crippen molar-refractivity contribution in [1.29, 1.82) is 0 Å². The van der Waals surface area contributed by atoms with E-state index < -0.39 is 0 Å². The van der Waals surface area contributed by atoms with E-state index in [0.29, 0.717) is 13.1 Å². The molecule has 0 spiro atoms. The predicted molar refractivity (Wildman–Crippen MR) is 124 cm³/mol. The fourth-order valence-corrected chi connectivity index (χ4v) is 3.86. The van der Waals surface area contributed by atoms with Crippen LogP contribution in [0.5, 0.6) is 11.5 Å². The van der Waals surface area contributed by atoms with Crippen LogP contribution in [0.4, 0.5) is 0 Å². The zero-order valence-corrected chi connectivity index (χ0v) is 18.6. The quantitative estimate of drug-likeness (QED) is 0.417. The maximum absolute atomic E-state index is 6.33. The van der Waals surface area contributed by atoms with E-state index in [9.17, 15) is 0 Å². The first-order chi connectivity index (χ1) is 15.8. The maximum atomic E-state index is 6.33. The second kappa shape index (κ2) is 10.7. The molecule has 0 saturated heterocycles. The minimum absolute atomic E-state index is 0.267. The number of benzene rings is 2. The largest absolute Gasteiger partial charge is 0.493 e. The highest BCUT2D eigenvalue weighted by Gasteiger charge is 2.20. The van der Waals surface area contributed by atoms with Crippen molar-refractivity contribution in [2.45, 2.75) is 44.9 Å². The van der Waals surface area contributed by atoms with Crippen LogP contribution in [-0.2, 0) is 13.1 Å². The Hall–Kier alpha value is -3.55. The van der Waals surface area contributed by atoms with Crippen LogP contribution in [0.25, 0.3) is 5.69 Å². The Bertz CT molecular complexity index is 1010. The Morgan fingerprint density at radius 1 is 1.09 bits per heavy atom. The third kappa shape index (κ3) is 5.38. The van der Waals surface area contributed by atoms with Gasteiger partial charge in [0.1, 0.15) is 12.7 Å². The van der Waals surface area contributed by atoms with Crippen LogP contribution in [0.15, 0.2) is 60.1 Å². The molecule has 1 aliphatic carbocycles. The molecule has 1 aromatic heterocycles. The lowest BCUT2D eigenvalue weighted by Crippen LogP contribution is -2.36. The number of aromatic nitrogens is 3. The van der Waals surface area contributed by atoms with Gasteiger partial charge < -0.3 is 20.1 Å². The van der Waals surface area contributed by atoms with Crippen LogP contribution in [-0.4, -0.2) is 41.0 Å². The van der Waals surface area contributed by atoms with E-state index in [1.54, 1.807) is 25.2 Å². The Labute approximate surface area is 188 Å². The summed E-state index contributed by atoms with van der Waals surface area (Å²) in [6.07, 6.45) is 8.13. The number of hydrogen-bond donors (Lipinski definition) is 2. The van der Waals surface area contributed by atoms with Crippen molar-refractivity contribution in [3.05, 3.63) is 66.2 Å². The van der Waals surface area contributed by atoms with Gasteiger partial charge in [0.2, 0.25) is 0 Å². The molecule has 1 heterocycles. The van der Waals surface area contributed by atoms with Crippen LogP contribution in [0.1, 0.15) is 36.8 Å². The number of guanidine groups is 1. The first-order valence-corrected chi connectivity index (χ1v) is 11.0. The Kier molecular flexibility index (Phi) is 7.22. The molecule has 0 radical (unpaired) electrons. The lowest BCUT2D eigenvalue weighted by molar-refractivity contribution is 0.198. The summed E-state index contributed by atoms with van der Waals surface area (Å²) in [5, 5.41) is 10.9. The molecule has 3 aromatic rings. The number of ether oxygens (including phenoxy) is 2. The minimum Gasteiger partial charge on any atom is -0.493 e. The molecule has 2 aromatic carbocycles. The molecule has 2 N–H and O–H groups in total. The van der Waals surface area contributed by atoms with Crippen LogP contribution >= 0.6 is 0 Å². The zero-order chi connectivity index (χ0) is 22.2. The minimum atomic E-state index is 0.267. The fourth-order valence-electron chi connectivity index (χ4n) is 3.86. The Morgan fingerprint density at radius 2 is 1.88 bits per heavy atom. The highest BCUT2D eigenvalue weighted by molar-refractivity contribution is 5.79. The average Bonchev–Trinajstić information content (AvgIpc) is 3.55. The summed E-state index contributed by atoms with van der Waals surface area (Å²) in [4.78, 5) is 8.33. The number of rotatable bonds is 8. The first kappa shape index (κ1) is 21.7. The van der Waals surface area contributed by atoms with Gasteiger partial charge in [0.25, 0.3) is 0 Å². The predicted octanol–water partition coefficient (Wildman–Crippen LogP) is 3.46. The summed E-state index contributed by atoms with van der Waals surface area (Å²) in [6, 6.07) is 14.2. The van der Waals surface area contributed by atoms with E-state index in [4.69, 9.17) is 9.47 Å². The second-order valence-electron chi connectivity index (χ2n) is 7.76. The molecular weight excluding hydrogens is 404 g/mol. The molecule has 8 nitrogen and oxygen atoms in total. The third-order valence-corrected chi connectivity index (χ3v) is 5.62. The Morgan fingerprint density at radius 3 is 2.56 bits per heavy atom. The topological polar surface area (TPSA) is 85.6 Å². The lowest BCUT2D eigenvalue weighted by atomic mass is 10.1. The van der Waals surface area contributed by atoms with Crippen LogP contribution in [0.2, 0.25) is 0 Å². The van der Waals surface area contributed by atoms with Crippen molar-refractivity contribution in [1.82, 2.24) is 25.4 Å². The van der Waals surface area contributed by atoms with E-state index in [2.05, 4.69) is 43.9 Å². The molecular formula is C24H30N6O2. The zero-order valence-electron chi connectivity index (χ0n) is 18.6. The highest BCUT2D eigenvalue weighted by Crippen LogP contribution is 2.34. The molecule has 168 valence electrons. The fraction of sp³-hybridized carbons (Fsp3) is 0.375. The Balaban J connectivity index is 1.35. The molecule has 8 heteroatoms. The van der Waals surface area contributed by atoms with Crippen molar-refractivity contribution in [2.75, 3.05) is 14.2 Å². The molecule has 1 aliphatic rings. The van der Waals surface area contributed by atoms with Gasteiger partial charge in [-0.05, 0) is 49.4 Å². The van der Waals surface area contributed by atoms with E-state index in [1.807, 2.05) is 24.3 Å². The van der Waals surface area contributed by atoms with Crippen LogP contribution in [0.3, 0.4) is 0 Å². The smallest absolute Gasteiger partial charge is 0.191 e. The normalized spacial score (nSPS) is 14.4. The maximum Gasteiger partial charge on any atom is 0.191 e. The van der Waals surface area contributed by atoms with Crippen LogP contribution in [0, 0.1) is 0 Å². The van der Waals surface area contributed by atoms with E-state index in [0.717, 1.165) is 47.1 Å². The van der Waals surface area contributed by atoms with Gasteiger partial charge in [-0.1, -0.05) is 24.3 Å². The van der Waals surface area contributed by atoms with Crippen molar-refractivity contribution >= 4 is 5.96 Å². The number of hydrogen-bond acceptors (Lipinski definition) is 5. The summed E-state index contributed by atoms with van der Waals surface area (Å²) >= 11 is 0. The van der Waals surface area contributed by atoms with Crippen molar-refractivity contribution < 1.29 is 9.47 Å². The van der Waals surface area contributed by atoms with Crippen molar-refractivity contribution in [3.8, 4) is 17.2 Å². The van der Waals surface area contributed by atoms with E-state index in [1.165, 1.54) is 19.2 Å². The van der Waals surface area contributed by atoms with Gasteiger partial charge in [-0.3, -0.25) is 4.99 Å². The molecule has 32 heavy (non-hydrogen) atoms. The molecule has 0 bridgehead atoms. The van der Waals surface area contributed by atoms with Crippen molar-refractivity contribution in [3.63, 3.8) is 0 Å². The molecule has 0 atom stereocenters. The lowest BCUT2D eigenvalue weighted by Gasteiger charge is -2.20. The van der Waals surface area contributed by atoms with Crippen molar-refractivity contribution in [2.24, 2.45) is 4.99 Å². The van der Waals surface area contributed by atoms with Gasteiger partial charge in [0.15, 0.2) is 17.5 Å². The molecule has 0 aliphatic heterocycles. The molecule has 1 fully saturated rings. The number of aliphatic imine (C=N–C) groups is 1. The molecule has 1 saturated carbocycles. The van der Waals surface area contributed by atoms with E-state index in [-0.39, 0.29) is 6.10 Å². The SMILES string of the molecule is CN=C(NCc1ccc(-n2cncn2)cc1)NCc1cccc(OC)c1OC1CCCC1. The van der Waals surface area contributed by atoms with E-state index >= 15 is 0 Å². The first-order valence-electron chi connectivity index (χ1n) is 11.0. The third-order valence-electron chi connectivity index (χ3n) is 5.62. The monoisotopic (exact) mass is 434 g/mol. The average molecular weight is 435 g/mol. The number of para-hydroxylation sites is 1. The van der Waals surface area contributed by atoms with Gasteiger partial charge in [0.05, 0.1) is 18.9 Å². The summed E-state index contributed by atoms with van der Waals surface area (Å²) < 4.78 is 13.6. The summed E-state index contributed by atoms with van der Waals surface area (Å²) in [5.74, 6) is 2.32. The molecule has 4 rings (SSSR count). The molecule has 0 unspecified atom stereocenters. The standard InChI is InChI=1S/C24H30N6O2/c1-25-24(27-14-18-10-12-20(13-11-18)30-17-26-16-29-30)28-15-19-6-5-9-22(31-2)23(19)32-21-7-3-4-8-21/h5-6,9-13,16-17,21H,3-4,7-8,14-15H2,1-2H3,(H2,25,27,28). The summed E-state index contributed by atoms with van der Waals surface area (Å²) in [7, 11) is 3.45. The van der Waals surface area contributed by atoms with Crippen LogP contribution < -0.4 is 20.1 Å². The number of methoxy groups -OCH3 is 1. The number of nitrogens with one attached hydrogen (secondary N) is 2. The number of nitrogens with zero attached hydrogens (tertiary/aromatic N) is 4. The van der Waals surface area contributed by atoms with Gasteiger partial charge in [-0.2, -0.15) is 5.10 Å². The summed E-state index contributed by atoms with van der Waals surface area (Å²) in [5.41, 5.74) is 3.17. The highest BCUT2D eigenvalue weighted by atomic mass is 16.5. The van der Waals surface area contributed by atoms with Gasteiger partial charge in [-0.25, -0.2) is 9.67 Å². The van der Waals surface area contributed by atoms with Gasteiger partial charge in [0, 0.05) is 25.7 Å².